The summed E-state index contributed by atoms with van der Waals surface area (Å²) in [5, 5.41) is 1.05. The molecule has 5 heteroatoms. The average Bonchev–Trinajstić information content (AvgIpc) is 2.73. The smallest absolute Gasteiger partial charge is 0.152 e. The Morgan fingerprint density at radius 2 is 2.06 bits per heavy atom. The Morgan fingerprint density at radius 3 is 2.83 bits per heavy atom. The molecule has 0 saturated heterocycles. The second-order valence-corrected chi connectivity index (χ2v) is 4.61. The largest absolute Gasteiger partial charge is 0.382 e. The Balaban J connectivity index is 2.40. The first-order valence-corrected chi connectivity index (χ1v) is 5.94. The minimum atomic E-state index is 0.315. The average molecular weight is 241 g/mol. The van der Waals surface area contributed by atoms with E-state index in [1.54, 1.807) is 6.33 Å². The summed E-state index contributed by atoms with van der Waals surface area (Å²) in [5.74, 6) is 0.466. The number of para-hydroxylation sites is 1. The number of anilines is 1. The van der Waals surface area contributed by atoms with Crippen molar-refractivity contribution in [2.45, 2.75) is 19.9 Å². The van der Waals surface area contributed by atoms with Gasteiger partial charge in [0.2, 0.25) is 0 Å². The van der Waals surface area contributed by atoms with Gasteiger partial charge in [-0.05, 0) is 19.9 Å². The van der Waals surface area contributed by atoms with Gasteiger partial charge in [-0.15, -0.1) is 0 Å². The van der Waals surface area contributed by atoms with Gasteiger partial charge < -0.3 is 11.2 Å². The Labute approximate surface area is 105 Å². The molecule has 3 aromatic rings. The molecule has 0 fully saturated rings. The Kier molecular flexibility index (Phi) is 2.33. The van der Waals surface area contributed by atoms with Crippen molar-refractivity contribution in [3.05, 3.63) is 30.6 Å². The summed E-state index contributed by atoms with van der Waals surface area (Å²) < 4.78 is 1.92. The second kappa shape index (κ2) is 3.87. The summed E-state index contributed by atoms with van der Waals surface area (Å²) in [7, 11) is 0. The number of nitrogen functional groups attached to an aromatic ring is 1. The number of nitrogens with zero attached hydrogens (tertiary/aromatic N) is 3. The van der Waals surface area contributed by atoms with Gasteiger partial charge in [0.25, 0.3) is 0 Å². The van der Waals surface area contributed by atoms with Crippen molar-refractivity contribution < 1.29 is 0 Å². The van der Waals surface area contributed by atoms with Crippen molar-refractivity contribution in [3.8, 4) is 0 Å². The molecule has 0 aliphatic heterocycles. The van der Waals surface area contributed by atoms with Gasteiger partial charge in [-0.2, -0.15) is 0 Å². The zero-order valence-corrected chi connectivity index (χ0v) is 10.4. The number of nitrogens with two attached hydrogens (primary N) is 1. The molecule has 5 nitrogen and oxygen atoms in total. The lowest BCUT2D eigenvalue weighted by molar-refractivity contribution is 0.751. The van der Waals surface area contributed by atoms with Gasteiger partial charge in [0, 0.05) is 11.4 Å². The molecule has 0 spiro atoms. The molecule has 3 N–H and O–H groups in total. The summed E-state index contributed by atoms with van der Waals surface area (Å²) >= 11 is 0. The number of pyridine rings is 1. The molecule has 0 radical (unpaired) electrons. The Morgan fingerprint density at radius 1 is 1.28 bits per heavy atom. The summed E-state index contributed by atoms with van der Waals surface area (Å²) in [4.78, 5) is 8.70. The van der Waals surface area contributed by atoms with E-state index in [2.05, 4.69) is 29.2 Å². The maximum absolute atomic E-state index is 5.95. The first-order valence-electron chi connectivity index (χ1n) is 5.94. The molecule has 0 aliphatic carbocycles. The Hall–Kier alpha value is -2.30. The van der Waals surface area contributed by atoms with E-state index in [0.29, 0.717) is 11.9 Å². The number of hydrogen-bond donors (Lipinski definition) is 2. The van der Waals surface area contributed by atoms with Crippen molar-refractivity contribution in [2.75, 3.05) is 11.2 Å². The van der Waals surface area contributed by atoms with E-state index in [1.807, 2.05) is 28.9 Å². The Bertz CT molecular complexity index is 714. The molecular weight excluding hydrogens is 226 g/mol. The predicted octanol–water partition coefficient (Wildman–Crippen LogP) is 2.12. The number of fused-ring (bicyclic) bond motifs is 3. The summed E-state index contributed by atoms with van der Waals surface area (Å²) in [6.45, 7) is 4.16. The van der Waals surface area contributed by atoms with Crippen LogP contribution in [0.4, 0.5) is 5.82 Å². The monoisotopic (exact) mass is 241 g/mol. The van der Waals surface area contributed by atoms with Gasteiger partial charge in [0.05, 0.1) is 5.52 Å². The van der Waals surface area contributed by atoms with E-state index in [-0.39, 0.29) is 0 Å². The van der Waals surface area contributed by atoms with Crippen LogP contribution in [0.15, 0.2) is 30.6 Å². The molecular formula is C13H15N5. The quantitative estimate of drug-likeness (QED) is 0.721. The van der Waals surface area contributed by atoms with E-state index in [9.17, 15) is 0 Å². The number of aromatic nitrogens is 3. The fraction of sp³-hybridized carbons (Fsp3) is 0.231. The normalized spacial score (nSPS) is 11.5. The maximum Gasteiger partial charge on any atom is 0.152 e. The van der Waals surface area contributed by atoms with Crippen LogP contribution < -0.4 is 11.2 Å². The zero-order chi connectivity index (χ0) is 12.7. The number of rotatable bonds is 2. The second-order valence-electron chi connectivity index (χ2n) is 4.61. The van der Waals surface area contributed by atoms with Crippen LogP contribution in [0.2, 0.25) is 0 Å². The third-order valence-corrected chi connectivity index (χ3v) is 2.81. The molecule has 0 bridgehead atoms. The molecule has 2 heterocycles. The highest BCUT2D eigenvalue weighted by Crippen LogP contribution is 2.26. The lowest BCUT2D eigenvalue weighted by atomic mass is 10.2. The highest BCUT2D eigenvalue weighted by atomic mass is 15.4. The number of benzene rings is 1. The number of nitrogens with one attached hydrogen (secondary N) is 1. The van der Waals surface area contributed by atoms with Gasteiger partial charge in [0.15, 0.2) is 5.82 Å². The number of hydrogen-bond acceptors (Lipinski definition) is 4. The van der Waals surface area contributed by atoms with E-state index >= 15 is 0 Å². The molecule has 0 unspecified atom stereocenters. The van der Waals surface area contributed by atoms with Crippen LogP contribution >= 0.6 is 0 Å². The van der Waals surface area contributed by atoms with Crippen LogP contribution in [0.25, 0.3) is 21.9 Å². The van der Waals surface area contributed by atoms with Crippen LogP contribution in [-0.2, 0) is 0 Å². The first-order chi connectivity index (χ1) is 8.66. The molecule has 0 atom stereocenters. The van der Waals surface area contributed by atoms with Crippen LogP contribution in [0.3, 0.4) is 0 Å². The molecule has 2 aromatic heterocycles. The van der Waals surface area contributed by atoms with Crippen LogP contribution in [0.1, 0.15) is 13.8 Å². The number of imidazole rings is 1. The van der Waals surface area contributed by atoms with Crippen LogP contribution in [0, 0.1) is 0 Å². The van der Waals surface area contributed by atoms with Crippen LogP contribution in [0.5, 0.6) is 0 Å². The van der Waals surface area contributed by atoms with Crippen molar-refractivity contribution in [2.24, 2.45) is 0 Å². The highest BCUT2D eigenvalue weighted by Gasteiger charge is 2.12. The van der Waals surface area contributed by atoms with E-state index in [4.69, 9.17) is 5.73 Å². The maximum atomic E-state index is 5.95. The molecule has 1 aromatic carbocycles. The van der Waals surface area contributed by atoms with Crippen molar-refractivity contribution in [1.82, 2.24) is 14.6 Å². The first kappa shape index (κ1) is 10.8. The summed E-state index contributed by atoms with van der Waals surface area (Å²) in [6.07, 6.45) is 1.75. The molecule has 0 aliphatic rings. The van der Waals surface area contributed by atoms with Gasteiger partial charge >= 0.3 is 0 Å². The van der Waals surface area contributed by atoms with Gasteiger partial charge in [-0.3, -0.25) is 0 Å². The zero-order valence-electron chi connectivity index (χ0n) is 10.4. The summed E-state index contributed by atoms with van der Waals surface area (Å²) in [5.41, 5.74) is 11.9. The van der Waals surface area contributed by atoms with Gasteiger partial charge in [0.1, 0.15) is 17.4 Å². The fourth-order valence-corrected chi connectivity index (χ4v) is 2.12. The van der Waals surface area contributed by atoms with Crippen molar-refractivity contribution in [1.29, 1.82) is 0 Å². The minimum Gasteiger partial charge on any atom is -0.382 e. The van der Waals surface area contributed by atoms with Crippen molar-refractivity contribution >= 4 is 27.8 Å². The van der Waals surface area contributed by atoms with E-state index in [1.165, 1.54) is 0 Å². The van der Waals surface area contributed by atoms with E-state index < -0.39 is 0 Å². The third-order valence-electron chi connectivity index (χ3n) is 2.81. The van der Waals surface area contributed by atoms with Crippen LogP contribution in [-0.4, -0.2) is 20.7 Å². The lowest BCUT2D eigenvalue weighted by Crippen LogP contribution is -2.21. The van der Waals surface area contributed by atoms with E-state index in [0.717, 1.165) is 21.9 Å². The SMILES string of the molecule is CC(C)Nn1cnc2c(N)nc3ccccc3c21. The summed E-state index contributed by atoms with van der Waals surface area (Å²) in [6, 6.07) is 8.25. The van der Waals surface area contributed by atoms with Gasteiger partial charge in [-0.25, -0.2) is 14.6 Å². The molecule has 3 rings (SSSR count). The lowest BCUT2D eigenvalue weighted by Gasteiger charge is -2.12. The molecule has 0 amide bonds. The topological polar surface area (TPSA) is 68.8 Å². The molecule has 92 valence electrons. The third kappa shape index (κ3) is 1.55. The molecule has 0 saturated carbocycles. The minimum absolute atomic E-state index is 0.315. The van der Waals surface area contributed by atoms with Crippen molar-refractivity contribution in [3.63, 3.8) is 0 Å². The highest BCUT2D eigenvalue weighted by molar-refractivity contribution is 6.06. The molecule has 18 heavy (non-hydrogen) atoms. The standard InChI is InChI=1S/C13H15N5/c1-8(2)17-18-7-15-11-12(18)9-5-3-4-6-10(9)16-13(11)14/h3-8,17H,1-2H3,(H2,14,16). The van der Waals surface area contributed by atoms with Gasteiger partial charge in [-0.1, -0.05) is 18.2 Å². The predicted molar refractivity (Wildman–Crippen MR) is 73.9 cm³/mol. The fourth-order valence-electron chi connectivity index (χ4n) is 2.12.